The molecule has 0 atom stereocenters. The number of hydrogen-bond acceptors (Lipinski definition) is 2. The Morgan fingerprint density at radius 2 is 1.81 bits per heavy atom. The van der Waals surface area contributed by atoms with E-state index >= 15 is 0 Å². The molecule has 0 heterocycles. The van der Waals surface area contributed by atoms with Crippen molar-refractivity contribution in [2.45, 2.75) is 6.18 Å². The fourth-order valence-corrected chi connectivity index (χ4v) is 1.89. The molecule has 2 aromatic rings. The molecule has 7 heteroatoms. The van der Waals surface area contributed by atoms with Crippen LogP contribution in [0.1, 0.15) is 11.1 Å². The lowest BCUT2D eigenvalue weighted by molar-refractivity contribution is -0.139. The summed E-state index contributed by atoms with van der Waals surface area (Å²) in [5, 5.41) is 11.5. The fourth-order valence-electron chi connectivity index (χ4n) is 1.66. The highest BCUT2D eigenvalue weighted by Crippen LogP contribution is 2.34. The first-order valence-corrected chi connectivity index (χ1v) is 6.02. The zero-order valence-corrected chi connectivity index (χ0v) is 11.1. The largest absolute Gasteiger partial charge is 0.419 e. The molecule has 108 valence electrons. The third-order valence-electron chi connectivity index (χ3n) is 2.65. The molecule has 0 aliphatic rings. The first kappa shape index (κ1) is 15.1. The molecule has 2 rings (SSSR count). The van der Waals surface area contributed by atoms with Crippen LogP contribution in [0.2, 0.25) is 5.02 Å². The van der Waals surface area contributed by atoms with E-state index in [-0.39, 0.29) is 10.7 Å². The molecule has 0 spiro atoms. The van der Waals surface area contributed by atoms with Gasteiger partial charge in [0.2, 0.25) is 0 Å². The van der Waals surface area contributed by atoms with Crippen molar-refractivity contribution in [2.24, 2.45) is 0 Å². The Morgan fingerprint density at radius 1 is 1.10 bits per heavy atom. The van der Waals surface area contributed by atoms with Crippen molar-refractivity contribution < 1.29 is 17.6 Å². The van der Waals surface area contributed by atoms with Gasteiger partial charge in [0.05, 0.1) is 27.9 Å². The number of nitrogens with one attached hydrogen (secondary N) is 1. The van der Waals surface area contributed by atoms with Crippen LogP contribution in [0.4, 0.5) is 28.9 Å². The summed E-state index contributed by atoms with van der Waals surface area (Å²) in [6, 6.07) is 8.72. The Labute approximate surface area is 122 Å². The van der Waals surface area contributed by atoms with Crippen LogP contribution in [0.15, 0.2) is 36.4 Å². The van der Waals surface area contributed by atoms with Crippen molar-refractivity contribution in [3.63, 3.8) is 0 Å². The number of nitriles is 1. The maximum atomic E-state index is 13.2. The standard InChI is InChI=1S/C14H7ClF4N2/c15-11-5-8(7-20)1-4-13(11)21-9-2-3-12(16)10(6-9)14(17,18)19/h1-6,21H. The maximum absolute atomic E-state index is 13.2. The second-order valence-corrected chi connectivity index (χ2v) is 4.53. The van der Waals surface area contributed by atoms with Crippen LogP contribution < -0.4 is 5.32 Å². The zero-order chi connectivity index (χ0) is 15.6. The van der Waals surface area contributed by atoms with Gasteiger partial charge in [0.25, 0.3) is 0 Å². The SMILES string of the molecule is N#Cc1ccc(Nc2ccc(F)c(C(F)(F)F)c2)c(Cl)c1. The van der Waals surface area contributed by atoms with Gasteiger partial charge in [-0.25, -0.2) is 4.39 Å². The predicted octanol–water partition coefficient (Wildman–Crippen LogP) is 5.11. The highest BCUT2D eigenvalue weighted by molar-refractivity contribution is 6.33. The van der Waals surface area contributed by atoms with E-state index in [4.69, 9.17) is 16.9 Å². The molecule has 2 aromatic carbocycles. The molecule has 0 fully saturated rings. The number of hydrogen-bond donors (Lipinski definition) is 1. The number of halogens is 5. The molecule has 2 nitrogen and oxygen atoms in total. The quantitative estimate of drug-likeness (QED) is 0.782. The van der Waals surface area contributed by atoms with Crippen molar-refractivity contribution >= 4 is 23.0 Å². The van der Waals surface area contributed by atoms with E-state index in [1.807, 2.05) is 6.07 Å². The lowest BCUT2D eigenvalue weighted by atomic mass is 10.1. The summed E-state index contributed by atoms with van der Waals surface area (Å²) < 4.78 is 51.0. The van der Waals surface area contributed by atoms with Gasteiger partial charge in [-0.2, -0.15) is 18.4 Å². The normalized spacial score (nSPS) is 11.0. The van der Waals surface area contributed by atoms with E-state index in [1.54, 1.807) is 0 Å². The van der Waals surface area contributed by atoms with Gasteiger partial charge >= 0.3 is 6.18 Å². The molecule has 21 heavy (non-hydrogen) atoms. The van der Waals surface area contributed by atoms with Crippen molar-refractivity contribution in [1.29, 1.82) is 5.26 Å². The summed E-state index contributed by atoms with van der Waals surface area (Å²) >= 11 is 5.91. The monoisotopic (exact) mass is 314 g/mol. The molecule has 0 aliphatic carbocycles. The summed E-state index contributed by atoms with van der Waals surface area (Å²) in [5.41, 5.74) is -0.691. The minimum atomic E-state index is -4.78. The van der Waals surface area contributed by atoms with Gasteiger partial charge in [0, 0.05) is 5.69 Å². The maximum Gasteiger partial charge on any atom is 0.419 e. The van der Waals surface area contributed by atoms with Crippen LogP contribution >= 0.6 is 11.6 Å². The predicted molar refractivity (Wildman–Crippen MR) is 70.9 cm³/mol. The van der Waals surface area contributed by atoms with Gasteiger partial charge in [-0.05, 0) is 36.4 Å². The lowest BCUT2D eigenvalue weighted by Gasteiger charge is -2.12. The van der Waals surface area contributed by atoms with E-state index in [9.17, 15) is 17.6 Å². The van der Waals surface area contributed by atoms with Gasteiger partial charge < -0.3 is 5.32 Å². The molecular formula is C14H7ClF4N2. The van der Waals surface area contributed by atoms with Crippen LogP contribution in [-0.2, 0) is 6.18 Å². The zero-order valence-electron chi connectivity index (χ0n) is 10.3. The molecule has 0 saturated heterocycles. The highest BCUT2D eigenvalue weighted by atomic mass is 35.5. The number of anilines is 2. The van der Waals surface area contributed by atoms with E-state index < -0.39 is 17.6 Å². The van der Waals surface area contributed by atoms with Gasteiger partial charge in [0.15, 0.2) is 0 Å². The molecule has 0 amide bonds. The Hall–Kier alpha value is -2.26. The number of nitrogens with zero attached hydrogens (tertiary/aromatic N) is 1. The van der Waals surface area contributed by atoms with E-state index in [0.29, 0.717) is 17.3 Å². The van der Waals surface area contributed by atoms with Gasteiger partial charge in [-0.15, -0.1) is 0 Å². The Morgan fingerprint density at radius 3 is 2.38 bits per heavy atom. The summed E-state index contributed by atoms with van der Waals surface area (Å²) in [6.45, 7) is 0. The lowest BCUT2D eigenvalue weighted by Crippen LogP contribution is -2.08. The van der Waals surface area contributed by atoms with E-state index in [1.165, 1.54) is 24.3 Å². The number of alkyl halides is 3. The fraction of sp³-hybridized carbons (Fsp3) is 0.0714. The summed E-state index contributed by atoms with van der Waals surface area (Å²) in [7, 11) is 0. The van der Waals surface area contributed by atoms with Gasteiger partial charge in [-0.3, -0.25) is 0 Å². The van der Waals surface area contributed by atoms with Gasteiger partial charge in [-0.1, -0.05) is 11.6 Å². The second kappa shape index (κ2) is 5.62. The minimum absolute atomic E-state index is 0.0373. The first-order valence-electron chi connectivity index (χ1n) is 5.64. The van der Waals surface area contributed by atoms with Crippen molar-refractivity contribution in [3.05, 3.63) is 58.4 Å². The number of benzene rings is 2. The molecular weight excluding hydrogens is 308 g/mol. The molecule has 0 radical (unpaired) electrons. The summed E-state index contributed by atoms with van der Waals surface area (Å²) in [5.74, 6) is -1.35. The number of rotatable bonds is 2. The van der Waals surface area contributed by atoms with Crippen LogP contribution in [0.3, 0.4) is 0 Å². The van der Waals surface area contributed by atoms with E-state index in [0.717, 1.165) is 6.07 Å². The first-order chi connectivity index (χ1) is 9.81. The molecule has 0 aromatic heterocycles. The minimum Gasteiger partial charge on any atom is -0.354 e. The Bertz CT molecular complexity index is 720. The third kappa shape index (κ3) is 3.44. The smallest absolute Gasteiger partial charge is 0.354 e. The topological polar surface area (TPSA) is 35.8 Å². The van der Waals surface area contributed by atoms with Crippen LogP contribution in [0.5, 0.6) is 0 Å². The average molecular weight is 315 g/mol. The van der Waals surface area contributed by atoms with E-state index in [2.05, 4.69) is 5.32 Å². The molecule has 0 unspecified atom stereocenters. The average Bonchev–Trinajstić information content (AvgIpc) is 2.41. The van der Waals surface area contributed by atoms with Gasteiger partial charge in [0.1, 0.15) is 5.82 Å². The summed E-state index contributed by atoms with van der Waals surface area (Å²) in [4.78, 5) is 0. The molecule has 0 aliphatic heterocycles. The summed E-state index contributed by atoms with van der Waals surface area (Å²) in [6.07, 6.45) is -4.78. The third-order valence-corrected chi connectivity index (χ3v) is 2.96. The molecule has 0 bridgehead atoms. The second-order valence-electron chi connectivity index (χ2n) is 4.12. The van der Waals surface area contributed by atoms with Crippen molar-refractivity contribution in [3.8, 4) is 6.07 Å². The Balaban J connectivity index is 2.35. The Kier molecular flexibility index (Phi) is 4.05. The van der Waals surface area contributed by atoms with Crippen molar-refractivity contribution in [2.75, 3.05) is 5.32 Å². The molecule has 0 saturated carbocycles. The molecule has 1 N–H and O–H groups in total. The highest BCUT2D eigenvalue weighted by Gasteiger charge is 2.34. The van der Waals surface area contributed by atoms with Crippen LogP contribution in [-0.4, -0.2) is 0 Å². The van der Waals surface area contributed by atoms with Crippen LogP contribution in [0.25, 0.3) is 0 Å². The van der Waals surface area contributed by atoms with Crippen LogP contribution in [0, 0.1) is 17.1 Å². The van der Waals surface area contributed by atoms with Crippen molar-refractivity contribution in [1.82, 2.24) is 0 Å².